The predicted octanol–water partition coefficient (Wildman–Crippen LogP) is 3.75. The summed E-state index contributed by atoms with van der Waals surface area (Å²) in [5.41, 5.74) is -0.173. The van der Waals surface area contributed by atoms with Crippen LogP contribution in [0.15, 0.2) is 24.4 Å². The average Bonchev–Trinajstić information content (AvgIpc) is 3.09. The number of carbonyl (C=O) groups is 2. The molecule has 0 atom stereocenters. The molecule has 1 aliphatic heterocycles. The summed E-state index contributed by atoms with van der Waals surface area (Å²) < 4.78 is 27.3. The van der Waals surface area contributed by atoms with Crippen LogP contribution in [-0.4, -0.2) is 29.6 Å². The van der Waals surface area contributed by atoms with Crippen LogP contribution in [0.25, 0.3) is 0 Å². The number of carbonyl (C=O) groups excluding carboxylic acids is 2. The van der Waals surface area contributed by atoms with Gasteiger partial charge >= 0.3 is 0 Å². The van der Waals surface area contributed by atoms with Crippen LogP contribution < -0.4 is 5.32 Å². The van der Waals surface area contributed by atoms with Gasteiger partial charge in [0.25, 0.3) is 0 Å². The van der Waals surface area contributed by atoms with Gasteiger partial charge in [-0.15, -0.1) is 0 Å². The Hall–Kier alpha value is -2.05. The first-order chi connectivity index (χ1) is 12.0. The maximum atomic E-state index is 13.9. The Bertz CT molecular complexity index is 813. The first-order valence-electron chi connectivity index (χ1n) is 8.08. The molecular weight excluding hydrogens is 350 g/mol. The van der Waals surface area contributed by atoms with Crippen LogP contribution in [0.5, 0.6) is 0 Å². The van der Waals surface area contributed by atoms with Crippen molar-refractivity contribution in [3.8, 4) is 0 Å². The molecule has 0 radical (unpaired) electrons. The highest BCUT2D eigenvalue weighted by Crippen LogP contribution is 2.25. The van der Waals surface area contributed by atoms with Gasteiger partial charge in [0, 0.05) is 18.2 Å². The first-order valence-corrected chi connectivity index (χ1v) is 8.45. The summed E-state index contributed by atoms with van der Waals surface area (Å²) in [4.78, 5) is 27.5. The van der Waals surface area contributed by atoms with Crippen molar-refractivity contribution in [1.82, 2.24) is 10.3 Å². The van der Waals surface area contributed by atoms with Crippen molar-refractivity contribution in [3.63, 3.8) is 0 Å². The van der Waals surface area contributed by atoms with E-state index in [9.17, 15) is 18.4 Å². The van der Waals surface area contributed by atoms with E-state index in [0.717, 1.165) is 38.1 Å². The molecule has 2 N–H and O–H groups in total. The summed E-state index contributed by atoms with van der Waals surface area (Å²) in [6.45, 7) is 1.79. The lowest BCUT2D eigenvalue weighted by molar-refractivity contribution is 0.0948. The van der Waals surface area contributed by atoms with Crippen LogP contribution in [0.3, 0.4) is 0 Å². The smallest absolute Gasteiger partial charge is 0.199 e. The number of aromatic amines is 1. The number of piperidine rings is 1. The lowest BCUT2D eigenvalue weighted by atomic mass is 9.92. The van der Waals surface area contributed by atoms with Gasteiger partial charge in [0.15, 0.2) is 23.2 Å². The van der Waals surface area contributed by atoms with Gasteiger partial charge < -0.3 is 10.3 Å². The van der Waals surface area contributed by atoms with Crippen molar-refractivity contribution in [2.24, 2.45) is 5.92 Å². The molecule has 0 bridgehead atoms. The van der Waals surface area contributed by atoms with E-state index in [0.29, 0.717) is 12.3 Å². The van der Waals surface area contributed by atoms with Crippen LogP contribution >= 0.6 is 11.6 Å². The van der Waals surface area contributed by atoms with Gasteiger partial charge in [0.1, 0.15) is 0 Å². The highest BCUT2D eigenvalue weighted by Gasteiger charge is 2.24. The Labute approximate surface area is 148 Å². The van der Waals surface area contributed by atoms with E-state index in [-0.39, 0.29) is 22.1 Å². The molecule has 132 valence electrons. The van der Waals surface area contributed by atoms with E-state index in [1.54, 1.807) is 0 Å². The van der Waals surface area contributed by atoms with Gasteiger partial charge in [-0.3, -0.25) is 9.59 Å². The Kier molecular flexibility index (Phi) is 5.30. The highest BCUT2D eigenvalue weighted by molar-refractivity contribution is 6.35. The molecule has 2 heterocycles. The number of Topliss-reactive ketones (excluding diaryl/α,β-unsaturated/α-hetero) is 1. The van der Waals surface area contributed by atoms with Gasteiger partial charge in [-0.2, -0.15) is 0 Å². The molecule has 1 fully saturated rings. The van der Waals surface area contributed by atoms with E-state index in [2.05, 4.69) is 10.3 Å². The fourth-order valence-electron chi connectivity index (χ4n) is 3.02. The Morgan fingerprint density at radius 1 is 1.20 bits per heavy atom. The third-order valence-corrected chi connectivity index (χ3v) is 4.76. The highest BCUT2D eigenvalue weighted by atomic mass is 35.5. The lowest BCUT2D eigenvalue weighted by Crippen LogP contribution is -2.28. The van der Waals surface area contributed by atoms with Crippen molar-refractivity contribution in [2.75, 3.05) is 13.1 Å². The zero-order valence-electron chi connectivity index (χ0n) is 13.4. The molecule has 25 heavy (non-hydrogen) atoms. The van der Waals surface area contributed by atoms with Crippen LogP contribution in [0, 0.1) is 17.6 Å². The molecule has 1 aliphatic rings. The maximum Gasteiger partial charge on any atom is 0.199 e. The van der Waals surface area contributed by atoms with Gasteiger partial charge in [0.2, 0.25) is 0 Å². The number of rotatable bonds is 5. The minimum Gasteiger partial charge on any atom is -0.358 e. The minimum absolute atomic E-state index is 0.0695. The quantitative estimate of drug-likeness (QED) is 0.625. The number of halogens is 3. The molecule has 7 heteroatoms. The van der Waals surface area contributed by atoms with Crippen molar-refractivity contribution >= 4 is 23.2 Å². The summed E-state index contributed by atoms with van der Waals surface area (Å²) in [5.74, 6) is -2.99. The fourth-order valence-corrected chi connectivity index (χ4v) is 3.26. The molecule has 2 aromatic rings. The van der Waals surface area contributed by atoms with Crippen molar-refractivity contribution in [3.05, 3.63) is 57.9 Å². The number of hydrogen-bond donors (Lipinski definition) is 2. The topological polar surface area (TPSA) is 62.0 Å². The van der Waals surface area contributed by atoms with E-state index < -0.39 is 23.0 Å². The van der Waals surface area contributed by atoms with Crippen LogP contribution in [-0.2, 0) is 0 Å². The normalized spacial score (nSPS) is 15.3. The molecule has 0 unspecified atom stereocenters. The van der Waals surface area contributed by atoms with Crippen LogP contribution in [0.2, 0.25) is 5.02 Å². The van der Waals surface area contributed by atoms with Gasteiger partial charge in [0.05, 0.1) is 16.3 Å². The standard InChI is InChI=1S/C18H17ClF2N2O2/c19-12-1-2-13(20)17(21)16(12)18(25)11-8-14(23-9-11)15(24)7-10-3-5-22-6-4-10/h1-2,8-10,22-23H,3-7H2. The molecule has 0 spiro atoms. The second-order valence-corrected chi connectivity index (χ2v) is 6.58. The Morgan fingerprint density at radius 2 is 1.92 bits per heavy atom. The van der Waals surface area contributed by atoms with Gasteiger partial charge in [-0.05, 0) is 50.0 Å². The molecular formula is C18H17ClF2N2O2. The molecule has 1 aromatic carbocycles. The molecule has 0 amide bonds. The third-order valence-electron chi connectivity index (χ3n) is 4.45. The van der Waals surface area contributed by atoms with Gasteiger partial charge in [-0.25, -0.2) is 8.78 Å². The lowest BCUT2D eigenvalue weighted by Gasteiger charge is -2.21. The van der Waals surface area contributed by atoms with E-state index >= 15 is 0 Å². The Morgan fingerprint density at radius 3 is 2.64 bits per heavy atom. The molecule has 4 nitrogen and oxygen atoms in total. The third kappa shape index (κ3) is 3.80. The maximum absolute atomic E-state index is 13.9. The minimum atomic E-state index is -1.29. The van der Waals surface area contributed by atoms with Crippen LogP contribution in [0.1, 0.15) is 45.7 Å². The summed E-state index contributed by atoms with van der Waals surface area (Å²) in [6.07, 6.45) is 3.58. The van der Waals surface area contributed by atoms with Crippen LogP contribution in [0.4, 0.5) is 8.78 Å². The van der Waals surface area contributed by atoms with Gasteiger partial charge in [-0.1, -0.05) is 11.6 Å². The number of hydrogen-bond acceptors (Lipinski definition) is 3. The second-order valence-electron chi connectivity index (χ2n) is 6.17. The summed E-state index contributed by atoms with van der Waals surface area (Å²) in [5, 5.41) is 3.06. The van der Waals surface area contributed by atoms with E-state index in [1.165, 1.54) is 12.3 Å². The van der Waals surface area contributed by atoms with E-state index in [4.69, 9.17) is 11.6 Å². The first kappa shape index (κ1) is 17.8. The Balaban J connectivity index is 1.78. The number of nitrogens with one attached hydrogen (secondary N) is 2. The molecule has 3 rings (SSSR count). The molecule has 1 aromatic heterocycles. The number of aromatic nitrogens is 1. The largest absolute Gasteiger partial charge is 0.358 e. The number of H-pyrrole nitrogens is 1. The van der Waals surface area contributed by atoms with Crippen molar-refractivity contribution < 1.29 is 18.4 Å². The predicted molar refractivity (Wildman–Crippen MR) is 90.1 cm³/mol. The number of benzene rings is 1. The van der Waals surface area contributed by atoms with Crippen molar-refractivity contribution in [2.45, 2.75) is 19.3 Å². The molecule has 0 saturated carbocycles. The fraction of sp³-hybridized carbons (Fsp3) is 0.333. The van der Waals surface area contributed by atoms with Crippen molar-refractivity contribution in [1.29, 1.82) is 0 Å². The molecule has 0 aliphatic carbocycles. The molecule has 1 saturated heterocycles. The summed E-state index contributed by atoms with van der Waals surface area (Å²) >= 11 is 5.83. The second kappa shape index (κ2) is 7.45. The monoisotopic (exact) mass is 366 g/mol. The zero-order valence-corrected chi connectivity index (χ0v) is 14.1. The summed E-state index contributed by atoms with van der Waals surface area (Å²) in [7, 11) is 0. The SMILES string of the molecule is O=C(CC1CCNCC1)c1cc(C(=O)c2c(Cl)ccc(F)c2F)c[nH]1. The van der Waals surface area contributed by atoms with E-state index in [1.807, 2.05) is 0 Å². The number of ketones is 2. The zero-order chi connectivity index (χ0) is 18.0. The summed E-state index contributed by atoms with van der Waals surface area (Å²) in [6, 6.07) is 3.36. The average molecular weight is 367 g/mol.